The third-order valence-corrected chi connectivity index (χ3v) is 6.70. The molecule has 4 rings (SSSR count). The number of carbonyl (C=O) groups excluding carboxylic acids is 3. The van der Waals surface area contributed by atoms with Crippen molar-refractivity contribution in [3.05, 3.63) is 77.4 Å². The Bertz CT molecular complexity index is 1530. The number of urea groups is 1. The first-order valence-corrected chi connectivity index (χ1v) is 13.7. The van der Waals surface area contributed by atoms with Crippen LogP contribution in [-0.2, 0) is 9.53 Å². The summed E-state index contributed by atoms with van der Waals surface area (Å²) in [7, 11) is 0. The van der Waals surface area contributed by atoms with E-state index in [0.717, 1.165) is 33.2 Å². The molecule has 1 unspecified atom stereocenters. The number of ether oxygens (including phenoxy) is 1. The second-order valence-corrected chi connectivity index (χ2v) is 11.7. The lowest BCUT2D eigenvalue weighted by Gasteiger charge is -2.25. The van der Waals surface area contributed by atoms with Crippen molar-refractivity contribution in [2.24, 2.45) is 0 Å². The molecule has 0 saturated heterocycles. The van der Waals surface area contributed by atoms with Crippen molar-refractivity contribution in [1.29, 1.82) is 0 Å². The van der Waals surface area contributed by atoms with Gasteiger partial charge in [-0.1, -0.05) is 64.1 Å². The van der Waals surface area contributed by atoms with Gasteiger partial charge in [0.25, 0.3) is 0 Å². The van der Waals surface area contributed by atoms with Crippen LogP contribution in [0.25, 0.3) is 21.9 Å². The van der Waals surface area contributed by atoms with Crippen LogP contribution in [0.1, 0.15) is 88.2 Å². The maximum absolute atomic E-state index is 13.4. The normalized spacial score (nSPS) is 12.6. The van der Waals surface area contributed by atoms with E-state index < -0.39 is 23.6 Å². The number of hydrogen-bond acceptors (Lipinski definition) is 5. The molecule has 40 heavy (non-hydrogen) atoms. The van der Waals surface area contributed by atoms with Crippen LogP contribution in [0.4, 0.5) is 10.5 Å². The SMILES string of the molecule is CC(C)c1cccc(C(C)C)c1NC(=O)NC(CC(=O)c1ccc2oc3ccccc3c2c1)C(=O)OC(C)(C)C. The van der Waals surface area contributed by atoms with Crippen molar-refractivity contribution in [2.45, 2.75) is 78.4 Å². The second-order valence-electron chi connectivity index (χ2n) is 11.7. The Morgan fingerprint density at radius 3 is 2.08 bits per heavy atom. The molecule has 0 aliphatic carbocycles. The third-order valence-electron chi connectivity index (χ3n) is 6.70. The maximum atomic E-state index is 13.4. The number of carbonyl (C=O) groups is 3. The number of anilines is 1. The standard InChI is InChI=1S/C33H38N2O5/c1-19(2)22-12-10-13-23(20(3)4)30(22)35-32(38)34-26(31(37)40-33(5,6)7)18-27(36)21-15-16-29-25(17-21)24-11-8-9-14-28(24)39-29/h8-17,19-20,26H,18H2,1-7H3,(H2,34,35,38). The van der Waals surface area contributed by atoms with Crippen LogP contribution in [-0.4, -0.2) is 29.4 Å². The highest BCUT2D eigenvalue weighted by molar-refractivity contribution is 6.09. The molecule has 0 aliphatic heterocycles. The van der Waals surface area contributed by atoms with Gasteiger partial charge in [-0.3, -0.25) is 4.79 Å². The summed E-state index contributed by atoms with van der Waals surface area (Å²) in [6, 6.07) is 17.0. The first-order valence-electron chi connectivity index (χ1n) is 13.7. The van der Waals surface area contributed by atoms with Gasteiger partial charge in [-0.25, -0.2) is 9.59 Å². The van der Waals surface area contributed by atoms with Crippen molar-refractivity contribution >= 4 is 45.4 Å². The summed E-state index contributed by atoms with van der Waals surface area (Å²) in [5.41, 5.74) is 3.73. The first-order chi connectivity index (χ1) is 18.8. The van der Waals surface area contributed by atoms with Crippen molar-refractivity contribution in [2.75, 3.05) is 5.32 Å². The van der Waals surface area contributed by atoms with E-state index >= 15 is 0 Å². The zero-order valence-corrected chi connectivity index (χ0v) is 24.3. The molecular weight excluding hydrogens is 504 g/mol. The van der Waals surface area contributed by atoms with Gasteiger partial charge in [0.05, 0.1) is 0 Å². The molecule has 2 N–H and O–H groups in total. The van der Waals surface area contributed by atoms with E-state index in [2.05, 4.69) is 38.3 Å². The van der Waals surface area contributed by atoms with Gasteiger partial charge in [-0.15, -0.1) is 0 Å². The zero-order valence-electron chi connectivity index (χ0n) is 24.3. The Labute approximate surface area is 235 Å². The number of furan rings is 1. The second kappa shape index (κ2) is 11.5. The number of esters is 1. The topological polar surface area (TPSA) is 97.6 Å². The molecule has 0 fully saturated rings. The van der Waals surface area contributed by atoms with Gasteiger partial charge in [0, 0.05) is 28.4 Å². The van der Waals surface area contributed by atoms with E-state index in [1.165, 1.54) is 0 Å². The average molecular weight is 543 g/mol. The Morgan fingerprint density at radius 2 is 1.45 bits per heavy atom. The number of benzene rings is 3. The summed E-state index contributed by atoms with van der Waals surface area (Å²) in [6.45, 7) is 13.5. The molecule has 0 bridgehead atoms. The summed E-state index contributed by atoms with van der Waals surface area (Å²) in [6.07, 6.45) is -0.257. The van der Waals surface area contributed by atoms with Crippen molar-refractivity contribution in [3.8, 4) is 0 Å². The molecule has 7 nitrogen and oxygen atoms in total. The maximum Gasteiger partial charge on any atom is 0.329 e. The van der Waals surface area contributed by atoms with Gasteiger partial charge in [0.1, 0.15) is 22.8 Å². The summed E-state index contributed by atoms with van der Waals surface area (Å²) < 4.78 is 11.5. The fourth-order valence-corrected chi connectivity index (χ4v) is 4.77. The van der Waals surface area contributed by atoms with Gasteiger partial charge in [0.2, 0.25) is 0 Å². The van der Waals surface area contributed by atoms with Crippen molar-refractivity contribution in [1.82, 2.24) is 5.32 Å². The number of fused-ring (bicyclic) bond motifs is 3. The molecule has 2 amide bonds. The minimum atomic E-state index is -1.18. The predicted octanol–water partition coefficient (Wildman–Crippen LogP) is 7.94. The van der Waals surface area contributed by atoms with Gasteiger partial charge < -0.3 is 19.8 Å². The molecular formula is C33H38N2O5. The summed E-state index contributed by atoms with van der Waals surface area (Å²) in [5.74, 6) is -0.627. The summed E-state index contributed by atoms with van der Waals surface area (Å²) in [4.78, 5) is 39.9. The molecule has 0 saturated carbocycles. The Balaban J connectivity index is 1.60. The molecule has 7 heteroatoms. The molecule has 0 aliphatic rings. The largest absolute Gasteiger partial charge is 0.458 e. The lowest BCUT2D eigenvalue weighted by atomic mass is 9.93. The van der Waals surface area contributed by atoms with E-state index in [1.807, 2.05) is 42.5 Å². The van der Waals surface area contributed by atoms with Gasteiger partial charge in [-0.2, -0.15) is 0 Å². The number of Topliss-reactive ketones (excluding diaryl/α,β-unsaturated/α-hetero) is 1. The van der Waals surface area contributed by atoms with E-state index in [0.29, 0.717) is 11.1 Å². The van der Waals surface area contributed by atoms with Gasteiger partial charge in [0.15, 0.2) is 5.78 Å². The zero-order chi connectivity index (χ0) is 29.2. The highest BCUT2D eigenvalue weighted by atomic mass is 16.6. The number of ketones is 1. The quantitative estimate of drug-likeness (QED) is 0.174. The summed E-state index contributed by atoms with van der Waals surface area (Å²) >= 11 is 0. The van der Waals surface area contributed by atoms with E-state index in [1.54, 1.807) is 39.0 Å². The summed E-state index contributed by atoms with van der Waals surface area (Å²) in [5, 5.41) is 7.39. The molecule has 1 aromatic heterocycles. The van der Waals surface area contributed by atoms with Crippen LogP contribution in [0, 0.1) is 0 Å². The van der Waals surface area contributed by atoms with Crippen LogP contribution in [0.2, 0.25) is 0 Å². The first kappa shape index (κ1) is 28.9. The van der Waals surface area contributed by atoms with Crippen molar-refractivity contribution < 1.29 is 23.5 Å². The number of rotatable bonds is 8. The fourth-order valence-electron chi connectivity index (χ4n) is 4.77. The molecule has 4 aromatic rings. The van der Waals surface area contributed by atoms with E-state index in [9.17, 15) is 14.4 Å². The molecule has 0 spiro atoms. The molecule has 1 atom stereocenters. The fraction of sp³-hybridized carbons (Fsp3) is 0.364. The number of para-hydroxylation sites is 2. The highest BCUT2D eigenvalue weighted by Crippen LogP contribution is 2.33. The lowest BCUT2D eigenvalue weighted by Crippen LogP contribution is -2.47. The molecule has 1 heterocycles. The van der Waals surface area contributed by atoms with Crippen LogP contribution in [0.15, 0.2) is 65.1 Å². The Kier molecular flexibility index (Phi) is 8.33. The van der Waals surface area contributed by atoms with E-state index in [-0.39, 0.29) is 24.0 Å². The minimum Gasteiger partial charge on any atom is -0.458 e. The average Bonchev–Trinajstić information content (AvgIpc) is 3.25. The smallest absolute Gasteiger partial charge is 0.329 e. The predicted molar refractivity (Wildman–Crippen MR) is 159 cm³/mol. The van der Waals surface area contributed by atoms with Crippen LogP contribution >= 0.6 is 0 Å². The van der Waals surface area contributed by atoms with E-state index in [4.69, 9.17) is 9.15 Å². The molecule has 3 aromatic carbocycles. The number of hydrogen-bond donors (Lipinski definition) is 2. The molecule has 0 radical (unpaired) electrons. The number of nitrogens with one attached hydrogen (secondary N) is 2. The molecule has 210 valence electrons. The van der Waals surface area contributed by atoms with Gasteiger partial charge in [-0.05, 0) is 68.0 Å². The van der Waals surface area contributed by atoms with Crippen LogP contribution in [0.3, 0.4) is 0 Å². The van der Waals surface area contributed by atoms with Crippen molar-refractivity contribution in [3.63, 3.8) is 0 Å². The van der Waals surface area contributed by atoms with Crippen LogP contribution < -0.4 is 10.6 Å². The number of amides is 2. The highest BCUT2D eigenvalue weighted by Gasteiger charge is 2.30. The monoisotopic (exact) mass is 542 g/mol. The van der Waals surface area contributed by atoms with Crippen LogP contribution in [0.5, 0.6) is 0 Å². The third kappa shape index (κ3) is 6.53. The Hall–Kier alpha value is -4.13. The minimum absolute atomic E-state index is 0.172. The lowest BCUT2D eigenvalue weighted by molar-refractivity contribution is -0.157. The van der Waals surface area contributed by atoms with Gasteiger partial charge >= 0.3 is 12.0 Å². The Morgan fingerprint density at radius 1 is 0.825 bits per heavy atom.